The first-order valence-electron chi connectivity index (χ1n) is 13.1. The number of carbonyl (C=O) groups excluding carboxylic acids is 3. The van der Waals surface area contributed by atoms with Gasteiger partial charge < -0.3 is 31.5 Å². The summed E-state index contributed by atoms with van der Waals surface area (Å²) in [5.74, 6) is -6.28. The highest BCUT2D eigenvalue weighted by Crippen LogP contribution is 2.53. The van der Waals surface area contributed by atoms with Crippen molar-refractivity contribution in [3.63, 3.8) is 0 Å². The van der Waals surface area contributed by atoms with Crippen molar-refractivity contribution in [2.75, 3.05) is 14.1 Å². The minimum absolute atomic E-state index is 0.0125. The Morgan fingerprint density at radius 3 is 2.44 bits per heavy atom. The van der Waals surface area contributed by atoms with Crippen LogP contribution in [-0.4, -0.2) is 74.1 Å². The van der Waals surface area contributed by atoms with Crippen molar-refractivity contribution in [1.29, 1.82) is 0 Å². The van der Waals surface area contributed by atoms with Gasteiger partial charge in [-0.1, -0.05) is 11.6 Å². The number of carbonyl (C=O) groups is 3. The highest BCUT2D eigenvalue weighted by molar-refractivity contribution is 6.32. The van der Waals surface area contributed by atoms with Gasteiger partial charge in [-0.3, -0.25) is 19.3 Å². The number of ketones is 2. The number of aromatic hydroxyl groups is 1. The maximum atomic E-state index is 13.9. The van der Waals surface area contributed by atoms with Crippen molar-refractivity contribution >= 4 is 34.8 Å². The Morgan fingerprint density at radius 1 is 1.23 bits per heavy atom. The lowest BCUT2D eigenvalue weighted by Crippen LogP contribution is -2.65. The molecule has 2 fully saturated rings. The van der Waals surface area contributed by atoms with E-state index in [0.717, 1.165) is 12.8 Å². The van der Waals surface area contributed by atoms with Gasteiger partial charge in [0.1, 0.15) is 22.8 Å². The summed E-state index contributed by atoms with van der Waals surface area (Å²) < 4.78 is 0. The molecule has 4 atom stereocenters. The van der Waals surface area contributed by atoms with Gasteiger partial charge in [-0.2, -0.15) is 0 Å². The third-order valence-corrected chi connectivity index (χ3v) is 9.53. The Morgan fingerprint density at radius 2 is 1.87 bits per heavy atom. The fourth-order valence-electron chi connectivity index (χ4n) is 6.75. The first-order valence-corrected chi connectivity index (χ1v) is 13.4. The molecule has 0 aromatic heterocycles. The van der Waals surface area contributed by atoms with Gasteiger partial charge in [0, 0.05) is 28.6 Å². The third kappa shape index (κ3) is 3.99. The molecule has 210 valence electrons. The molecule has 1 aromatic carbocycles. The number of primary amides is 1. The normalized spacial score (nSPS) is 28.9. The van der Waals surface area contributed by atoms with E-state index in [4.69, 9.17) is 17.3 Å². The van der Waals surface area contributed by atoms with Crippen LogP contribution in [0.4, 0.5) is 0 Å². The number of hydrogen-bond donors (Lipinski definition) is 6. The monoisotopic (exact) mass is 559 g/mol. The lowest BCUT2D eigenvalue weighted by Gasteiger charge is -2.50. The van der Waals surface area contributed by atoms with E-state index in [2.05, 4.69) is 19.2 Å². The second-order valence-corrected chi connectivity index (χ2v) is 12.4. The largest absolute Gasteiger partial charge is 0.508 e. The average Bonchev–Trinajstić information content (AvgIpc) is 3.68. The topological polar surface area (TPSA) is 173 Å². The minimum Gasteiger partial charge on any atom is -0.508 e. The molecule has 4 aliphatic rings. The molecule has 4 aliphatic carbocycles. The van der Waals surface area contributed by atoms with Gasteiger partial charge in [-0.05, 0) is 82.7 Å². The quantitative estimate of drug-likeness (QED) is 0.284. The first kappa shape index (κ1) is 27.6. The number of phenolic OH excluding ortho intramolecular Hbond substituents is 1. The number of fused-ring (bicyclic) bond motifs is 3. The van der Waals surface area contributed by atoms with Crippen LogP contribution in [0.25, 0.3) is 5.76 Å². The van der Waals surface area contributed by atoms with Gasteiger partial charge >= 0.3 is 0 Å². The Bertz CT molecular complexity index is 1380. The van der Waals surface area contributed by atoms with Gasteiger partial charge in [0.05, 0.1) is 11.6 Å². The number of likely N-dealkylation sites (N-methyl/N-ethyl adjacent to an activating group) is 1. The van der Waals surface area contributed by atoms with Crippen LogP contribution in [0.2, 0.25) is 5.02 Å². The summed E-state index contributed by atoms with van der Waals surface area (Å²) in [6.45, 7) is 4.62. The fraction of sp³-hybridized carbons (Fsp3) is 0.536. The van der Waals surface area contributed by atoms with E-state index in [1.165, 1.54) is 11.0 Å². The number of nitrogens with zero attached hydrogens (tertiary/aromatic N) is 1. The SMILES string of the molecule is CN(C)[C@@H]1C(=O)C(C(N)=O)=C(O)[C@@]2(O)C(=O)C3=C(O)c4c(O)cc(CNC(C)(C)C5CC5)c(Cl)c4C[C@H]3C[C@@H]12. The van der Waals surface area contributed by atoms with Crippen molar-refractivity contribution in [3.05, 3.63) is 44.7 Å². The van der Waals surface area contributed by atoms with E-state index in [0.29, 0.717) is 28.6 Å². The van der Waals surface area contributed by atoms with E-state index in [9.17, 15) is 34.8 Å². The van der Waals surface area contributed by atoms with E-state index in [1.54, 1.807) is 14.1 Å². The Hall–Kier alpha value is -2.92. The summed E-state index contributed by atoms with van der Waals surface area (Å²) in [6.07, 6.45) is 2.47. The molecular formula is C28H34ClN3O7. The molecule has 5 rings (SSSR count). The van der Waals surface area contributed by atoms with Crippen molar-refractivity contribution in [3.8, 4) is 5.75 Å². The number of phenols is 1. The van der Waals surface area contributed by atoms with Crippen LogP contribution in [0, 0.1) is 17.8 Å². The fourth-order valence-corrected chi connectivity index (χ4v) is 7.04. The zero-order chi connectivity index (χ0) is 28.8. The Kier molecular flexibility index (Phi) is 6.42. The van der Waals surface area contributed by atoms with Crippen LogP contribution in [0.3, 0.4) is 0 Å². The van der Waals surface area contributed by atoms with Gasteiger partial charge in [-0.15, -0.1) is 0 Å². The van der Waals surface area contributed by atoms with Crippen LogP contribution >= 0.6 is 11.6 Å². The molecule has 0 radical (unpaired) electrons. The maximum Gasteiger partial charge on any atom is 0.255 e. The van der Waals surface area contributed by atoms with E-state index < -0.39 is 58.0 Å². The van der Waals surface area contributed by atoms with Crippen molar-refractivity contribution in [1.82, 2.24) is 10.2 Å². The number of aliphatic hydroxyl groups excluding tert-OH is 2. The second-order valence-electron chi connectivity index (χ2n) is 12.0. The van der Waals surface area contributed by atoms with Crippen LogP contribution in [-0.2, 0) is 27.3 Å². The van der Waals surface area contributed by atoms with Gasteiger partial charge in [-0.25, -0.2) is 0 Å². The first-order chi connectivity index (χ1) is 18.1. The summed E-state index contributed by atoms with van der Waals surface area (Å²) in [5.41, 5.74) is 2.62. The lowest BCUT2D eigenvalue weighted by molar-refractivity contribution is -0.153. The molecule has 7 N–H and O–H groups in total. The number of Topliss-reactive ketones (excluding diaryl/α,β-unsaturated/α-hetero) is 2. The molecule has 11 heteroatoms. The molecule has 0 heterocycles. The van der Waals surface area contributed by atoms with Gasteiger partial charge in [0.15, 0.2) is 11.4 Å². The highest BCUT2D eigenvalue weighted by Gasteiger charge is 2.64. The third-order valence-electron chi connectivity index (χ3n) is 9.06. The van der Waals surface area contributed by atoms with Crippen LogP contribution < -0.4 is 11.1 Å². The second kappa shape index (κ2) is 9.05. The summed E-state index contributed by atoms with van der Waals surface area (Å²) in [6, 6.07) is 0.315. The molecule has 1 amide bonds. The minimum atomic E-state index is -2.66. The van der Waals surface area contributed by atoms with Crippen LogP contribution in [0.1, 0.15) is 49.8 Å². The van der Waals surface area contributed by atoms with E-state index in [1.807, 2.05) is 0 Å². The smallest absolute Gasteiger partial charge is 0.255 e. The number of rotatable bonds is 6. The summed E-state index contributed by atoms with van der Waals surface area (Å²) >= 11 is 6.82. The predicted octanol–water partition coefficient (Wildman–Crippen LogP) is 1.90. The number of amides is 1. The van der Waals surface area contributed by atoms with Crippen molar-refractivity contribution in [2.45, 2.75) is 63.3 Å². The summed E-state index contributed by atoms with van der Waals surface area (Å²) in [4.78, 5) is 40.6. The maximum absolute atomic E-state index is 13.9. The molecule has 10 nitrogen and oxygen atoms in total. The Balaban J connectivity index is 1.61. The molecule has 0 aliphatic heterocycles. The number of halogens is 1. The zero-order valence-corrected chi connectivity index (χ0v) is 23.1. The summed E-state index contributed by atoms with van der Waals surface area (Å²) in [5, 5.41) is 48.7. The predicted molar refractivity (Wildman–Crippen MR) is 143 cm³/mol. The van der Waals surface area contributed by atoms with Gasteiger partial charge in [0.25, 0.3) is 5.91 Å². The van der Waals surface area contributed by atoms with Gasteiger partial charge in [0.2, 0.25) is 5.78 Å². The molecule has 0 unspecified atom stereocenters. The number of benzene rings is 1. The Labute approximate surface area is 231 Å². The average molecular weight is 560 g/mol. The molecule has 0 saturated heterocycles. The van der Waals surface area contributed by atoms with Crippen LogP contribution in [0.5, 0.6) is 5.75 Å². The number of nitrogens with two attached hydrogens (primary N) is 1. The van der Waals surface area contributed by atoms with Crippen molar-refractivity contribution in [2.24, 2.45) is 23.5 Å². The van der Waals surface area contributed by atoms with E-state index >= 15 is 0 Å². The highest BCUT2D eigenvalue weighted by atomic mass is 35.5. The zero-order valence-electron chi connectivity index (χ0n) is 22.3. The van der Waals surface area contributed by atoms with Crippen molar-refractivity contribution < 1.29 is 34.8 Å². The molecule has 39 heavy (non-hydrogen) atoms. The van der Waals surface area contributed by atoms with Crippen LogP contribution in [0.15, 0.2) is 23.0 Å². The molecular weight excluding hydrogens is 526 g/mol. The number of hydrogen-bond acceptors (Lipinski definition) is 9. The molecule has 0 spiro atoms. The number of nitrogens with one attached hydrogen (secondary N) is 1. The number of aliphatic hydroxyl groups is 3. The lowest BCUT2D eigenvalue weighted by atomic mass is 9.57. The van der Waals surface area contributed by atoms with E-state index in [-0.39, 0.29) is 35.3 Å². The standard InChI is InChI=1S/C28H34ClN3O7/c1-27(2,13-5-6-13)31-10-12-9-16(33)18-14(20(12)29)7-11-8-15-21(32(3)4)23(35)19(26(30)38)25(37)28(15,39)24(36)17(11)22(18)34/h9,11,13,15,21,31,33-34,37,39H,5-8,10H2,1-4H3,(H2,30,38)/t11-,15-,21-,28-/m0/s1. The molecule has 0 bridgehead atoms. The molecule has 1 aromatic rings. The summed E-state index contributed by atoms with van der Waals surface area (Å²) in [7, 11) is 3.12. The molecule has 2 saturated carbocycles.